The van der Waals surface area contributed by atoms with Crippen molar-refractivity contribution in [3.05, 3.63) is 34.9 Å². The van der Waals surface area contributed by atoms with Gasteiger partial charge in [-0.1, -0.05) is 43.6 Å². The second-order valence-electron chi connectivity index (χ2n) is 3.95. The summed E-state index contributed by atoms with van der Waals surface area (Å²) in [6, 6.07) is 6.92. The molecule has 0 aliphatic rings. The van der Waals surface area contributed by atoms with Crippen LogP contribution < -0.4 is 0 Å². The van der Waals surface area contributed by atoms with E-state index in [4.69, 9.17) is 16.7 Å². The van der Waals surface area contributed by atoms with Gasteiger partial charge in [0.2, 0.25) is 0 Å². The van der Waals surface area contributed by atoms with Crippen molar-refractivity contribution < 1.29 is 15.0 Å². The number of carboxylic acid groups (broad SMARTS) is 1. The fraction of sp³-hybridized carbons (Fsp3) is 0.417. The van der Waals surface area contributed by atoms with Crippen molar-refractivity contribution in [3.63, 3.8) is 0 Å². The normalized spacial score (nSPS) is 16.5. The Morgan fingerprint density at radius 3 is 2.38 bits per heavy atom. The third-order valence-corrected chi connectivity index (χ3v) is 3.24. The van der Waals surface area contributed by atoms with Gasteiger partial charge in [-0.05, 0) is 17.5 Å². The summed E-state index contributed by atoms with van der Waals surface area (Å²) in [5.74, 6) is -1.93. The van der Waals surface area contributed by atoms with Crippen molar-refractivity contribution in [2.24, 2.45) is 11.8 Å². The Morgan fingerprint density at radius 2 is 1.88 bits per heavy atom. The van der Waals surface area contributed by atoms with E-state index in [1.54, 1.807) is 38.1 Å². The van der Waals surface area contributed by atoms with Gasteiger partial charge in [-0.3, -0.25) is 4.79 Å². The second-order valence-corrected chi connectivity index (χ2v) is 4.36. The smallest absolute Gasteiger partial charge is 0.306 e. The highest BCUT2D eigenvalue weighted by atomic mass is 35.5. The van der Waals surface area contributed by atoms with Crippen molar-refractivity contribution in [1.82, 2.24) is 0 Å². The van der Waals surface area contributed by atoms with Crippen LogP contribution in [0, 0.1) is 11.8 Å². The fourth-order valence-electron chi connectivity index (χ4n) is 1.50. The summed E-state index contributed by atoms with van der Waals surface area (Å²) in [6.07, 6.45) is -0.861. The Labute approximate surface area is 99.7 Å². The van der Waals surface area contributed by atoms with Gasteiger partial charge in [0.15, 0.2) is 0 Å². The SMILES string of the molecule is CC(C(=O)O)C(C)C(O)c1ccccc1Cl. The predicted octanol–water partition coefficient (Wildman–Crippen LogP) is 2.73. The van der Waals surface area contributed by atoms with E-state index >= 15 is 0 Å². The Bertz CT molecular complexity index is 378. The Balaban J connectivity index is 2.90. The van der Waals surface area contributed by atoms with E-state index in [9.17, 15) is 9.90 Å². The van der Waals surface area contributed by atoms with E-state index in [0.29, 0.717) is 10.6 Å². The van der Waals surface area contributed by atoms with Crippen molar-refractivity contribution in [2.45, 2.75) is 20.0 Å². The van der Waals surface area contributed by atoms with E-state index < -0.39 is 23.9 Å². The fourth-order valence-corrected chi connectivity index (χ4v) is 1.74. The number of carbonyl (C=O) groups is 1. The highest BCUT2D eigenvalue weighted by Gasteiger charge is 2.27. The molecule has 3 unspecified atom stereocenters. The lowest BCUT2D eigenvalue weighted by Crippen LogP contribution is -2.24. The summed E-state index contributed by atoms with van der Waals surface area (Å²) in [5, 5.41) is 19.4. The summed E-state index contributed by atoms with van der Waals surface area (Å²) in [4.78, 5) is 10.8. The summed E-state index contributed by atoms with van der Waals surface area (Å²) in [7, 11) is 0. The minimum absolute atomic E-state index is 0.391. The van der Waals surface area contributed by atoms with Gasteiger partial charge in [-0.2, -0.15) is 0 Å². The van der Waals surface area contributed by atoms with Gasteiger partial charge in [0.25, 0.3) is 0 Å². The van der Waals surface area contributed by atoms with Crippen molar-refractivity contribution in [2.75, 3.05) is 0 Å². The monoisotopic (exact) mass is 242 g/mol. The van der Waals surface area contributed by atoms with Crippen LogP contribution in [0.3, 0.4) is 0 Å². The number of aliphatic hydroxyl groups is 1. The number of hydrogen-bond acceptors (Lipinski definition) is 2. The number of halogens is 1. The van der Waals surface area contributed by atoms with Crippen LogP contribution in [0.2, 0.25) is 5.02 Å². The number of benzene rings is 1. The minimum Gasteiger partial charge on any atom is -0.481 e. The average molecular weight is 243 g/mol. The van der Waals surface area contributed by atoms with E-state index in [1.165, 1.54) is 0 Å². The third-order valence-electron chi connectivity index (χ3n) is 2.90. The molecule has 0 amide bonds. The number of carboxylic acids is 1. The maximum absolute atomic E-state index is 10.8. The van der Waals surface area contributed by atoms with Gasteiger partial charge in [-0.15, -0.1) is 0 Å². The summed E-state index contributed by atoms with van der Waals surface area (Å²) in [5.41, 5.74) is 0.574. The van der Waals surface area contributed by atoms with Crippen LogP contribution in [0.1, 0.15) is 25.5 Å². The van der Waals surface area contributed by atoms with Crippen LogP contribution in [0.4, 0.5) is 0 Å². The van der Waals surface area contributed by atoms with Crippen molar-refractivity contribution in [3.8, 4) is 0 Å². The van der Waals surface area contributed by atoms with Gasteiger partial charge in [0.05, 0.1) is 12.0 Å². The molecule has 0 aliphatic carbocycles. The van der Waals surface area contributed by atoms with Gasteiger partial charge < -0.3 is 10.2 Å². The molecule has 0 saturated heterocycles. The minimum atomic E-state index is -0.918. The number of aliphatic hydroxyl groups excluding tert-OH is 1. The lowest BCUT2D eigenvalue weighted by atomic mass is 9.87. The first-order valence-electron chi connectivity index (χ1n) is 5.10. The zero-order chi connectivity index (χ0) is 12.3. The number of rotatable bonds is 4. The van der Waals surface area contributed by atoms with Crippen LogP contribution in [0.15, 0.2) is 24.3 Å². The van der Waals surface area contributed by atoms with Crippen LogP contribution in [-0.2, 0) is 4.79 Å². The van der Waals surface area contributed by atoms with E-state index in [2.05, 4.69) is 0 Å². The molecule has 0 aliphatic heterocycles. The summed E-state index contributed by atoms with van der Waals surface area (Å²) >= 11 is 5.94. The van der Waals surface area contributed by atoms with Crippen molar-refractivity contribution in [1.29, 1.82) is 0 Å². The Hall–Kier alpha value is -1.06. The second kappa shape index (κ2) is 5.32. The standard InChI is InChI=1S/C12H15ClO3/c1-7(8(2)12(15)16)11(14)9-5-3-4-6-10(9)13/h3-8,11,14H,1-2H3,(H,15,16). The molecule has 0 aromatic heterocycles. The molecular formula is C12H15ClO3. The molecule has 0 fully saturated rings. The molecule has 2 N–H and O–H groups in total. The average Bonchev–Trinajstić information content (AvgIpc) is 2.26. The van der Waals surface area contributed by atoms with E-state index in [0.717, 1.165) is 0 Å². The Morgan fingerprint density at radius 1 is 1.31 bits per heavy atom. The van der Waals surface area contributed by atoms with Gasteiger partial charge >= 0.3 is 5.97 Å². The van der Waals surface area contributed by atoms with Gasteiger partial charge in [-0.25, -0.2) is 0 Å². The topological polar surface area (TPSA) is 57.5 Å². The Kier molecular flexibility index (Phi) is 4.33. The lowest BCUT2D eigenvalue weighted by molar-refractivity contribution is -0.144. The zero-order valence-corrected chi connectivity index (χ0v) is 9.98. The zero-order valence-electron chi connectivity index (χ0n) is 9.22. The highest BCUT2D eigenvalue weighted by molar-refractivity contribution is 6.31. The molecule has 16 heavy (non-hydrogen) atoms. The first-order chi connectivity index (χ1) is 7.45. The van der Waals surface area contributed by atoms with Crippen LogP contribution >= 0.6 is 11.6 Å². The lowest BCUT2D eigenvalue weighted by Gasteiger charge is -2.23. The first-order valence-corrected chi connectivity index (χ1v) is 5.48. The molecule has 0 saturated carbocycles. The van der Waals surface area contributed by atoms with Crippen LogP contribution in [-0.4, -0.2) is 16.2 Å². The van der Waals surface area contributed by atoms with Crippen LogP contribution in [0.25, 0.3) is 0 Å². The van der Waals surface area contributed by atoms with Gasteiger partial charge in [0, 0.05) is 5.02 Å². The molecule has 1 aromatic rings. The molecule has 0 radical (unpaired) electrons. The number of hydrogen-bond donors (Lipinski definition) is 2. The van der Waals surface area contributed by atoms with E-state index in [-0.39, 0.29) is 0 Å². The highest BCUT2D eigenvalue weighted by Crippen LogP contribution is 2.31. The molecule has 1 rings (SSSR count). The summed E-state index contributed by atoms with van der Waals surface area (Å²) < 4.78 is 0. The first kappa shape index (κ1) is 13.0. The molecule has 1 aromatic carbocycles. The quantitative estimate of drug-likeness (QED) is 0.854. The predicted molar refractivity (Wildman–Crippen MR) is 62.4 cm³/mol. The largest absolute Gasteiger partial charge is 0.481 e. The number of aliphatic carboxylic acids is 1. The van der Waals surface area contributed by atoms with Crippen LogP contribution in [0.5, 0.6) is 0 Å². The molecule has 88 valence electrons. The molecule has 4 heteroatoms. The molecule has 0 heterocycles. The maximum atomic E-state index is 10.8. The molecular weight excluding hydrogens is 228 g/mol. The summed E-state index contributed by atoms with van der Waals surface area (Å²) in [6.45, 7) is 3.28. The molecule has 3 nitrogen and oxygen atoms in total. The maximum Gasteiger partial charge on any atom is 0.306 e. The molecule has 0 spiro atoms. The molecule has 3 atom stereocenters. The third kappa shape index (κ3) is 2.74. The van der Waals surface area contributed by atoms with Gasteiger partial charge in [0.1, 0.15) is 0 Å². The van der Waals surface area contributed by atoms with Crippen molar-refractivity contribution >= 4 is 17.6 Å². The van der Waals surface area contributed by atoms with E-state index in [1.807, 2.05) is 0 Å². The molecule has 0 bridgehead atoms.